The number of hydrogen-bond acceptors (Lipinski definition) is 8. The number of carbonyl (C=O) groups excluding carboxylic acids is 1. The van der Waals surface area contributed by atoms with E-state index in [2.05, 4.69) is 4.98 Å². The van der Waals surface area contributed by atoms with Crippen molar-refractivity contribution in [1.29, 1.82) is 0 Å². The lowest BCUT2D eigenvalue weighted by Crippen LogP contribution is -2.43. The summed E-state index contributed by atoms with van der Waals surface area (Å²) >= 11 is 1.37. The predicted molar refractivity (Wildman–Crippen MR) is 119 cm³/mol. The third-order valence-electron chi connectivity index (χ3n) is 4.86. The number of thiazole rings is 1. The summed E-state index contributed by atoms with van der Waals surface area (Å²) in [5, 5.41) is 21.2. The summed E-state index contributed by atoms with van der Waals surface area (Å²) in [6.07, 6.45) is 1.13. The van der Waals surface area contributed by atoms with E-state index in [4.69, 9.17) is 9.15 Å². The number of aliphatic hydroxyl groups is 2. The molecule has 1 atom stereocenters. The molecule has 2 N–H and O–H groups in total. The molecule has 0 aliphatic heterocycles. The second-order valence-corrected chi connectivity index (χ2v) is 7.99. The van der Waals surface area contributed by atoms with E-state index in [1.807, 2.05) is 19.2 Å². The average Bonchev–Trinajstić information content (AvgIpc) is 3.19. The third-order valence-corrected chi connectivity index (χ3v) is 5.85. The van der Waals surface area contributed by atoms with E-state index < -0.39 is 6.10 Å². The van der Waals surface area contributed by atoms with Crippen LogP contribution in [0.3, 0.4) is 0 Å². The van der Waals surface area contributed by atoms with E-state index in [1.54, 1.807) is 19.1 Å². The van der Waals surface area contributed by atoms with Gasteiger partial charge in [0, 0.05) is 24.2 Å². The average molecular weight is 447 g/mol. The van der Waals surface area contributed by atoms with E-state index in [-0.39, 0.29) is 43.2 Å². The first-order valence-corrected chi connectivity index (χ1v) is 11.0. The van der Waals surface area contributed by atoms with Gasteiger partial charge >= 0.3 is 0 Å². The van der Waals surface area contributed by atoms with Crippen molar-refractivity contribution in [3.05, 3.63) is 45.3 Å². The number of carbonyl (C=O) groups is 1. The number of fused-ring (bicyclic) bond motifs is 1. The van der Waals surface area contributed by atoms with E-state index in [0.29, 0.717) is 28.1 Å². The fourth-order valence-corrected chi connectivity index (χ4v) is 4.05. The van der Waals surface area contributed by atoms with Crippen LogP contribution >= 0.6 is 11.3 Å². The maximum atomic E-state index is 13.2. The molecule has 0 radical (unpaired) electrons. The first kappa shape index (κ1) is 22.9. The zero-order valence-electron chi connectivity index (χ0n) is 17.8. The van der Waals surface area contributed by atoms with Crippen molar-refractivity contribution >= 4 is 28.2 Å². The molecule has 8 nitrogen and oxygen atoms in total. The van der Waals surface area contributed by atoms with Gasteiger partial charge in [-0.2, -0.15) is 0 Å². The smallest absolute Gasteiger partial charge is 0.263 e. The Morgan fingerprint density at radius 1 is 1.29 bits per heavy atom. The highest BCUT2D eigenvalue weighted by molar-refractivity contribution is 7.13. The second-order valence-electron chi connectivity index (χ2n) is 7.13. The molecule has 0 aliphatic rings. The molecular weight excluding hydrogens is 420 g/mol. The Labute approximate surface area is 183 Å². The lowest BCUT2D eigenvalue weighted by atomic mass is 10.1. The summed E-state index contributed by atoms with van der Waals surface area (Å²) in [5.41, 5.74) is 2.12. The molecule has 0 saturated carbocycles. The lowest BCUT2D eigenvalue weighted by Gasteiger charge is -2.25. The predicted octanol–water partition coefficient (Wildman–Crippen LogP) is 2.37. The van der Waals surface area contributed by atoms with Crippen LogP contribution in [-0.2, 0) is 11.2 Å². The maximum Gasteiger partial charge on any atom is 0.263 e. The fourth-order valence-electron chi connectivity index (χ4n) is 3.25. The van der Waals surface area contributed by atoms with Crippen LogP contribution in [0.4, 0.5) is 0 Å². The highest BCUT2D eigenvalue weighted by Crippen LogP contribution is 2.30. The van der Waals surface area contributed by atoms with Crippen molar-refractivity contribution in [3.8, 4) is 16.3 Å². The fraction of sp³-hybridized carbons (Fsp3) is 0.409. The van der Waals surface area contributed by atoms with Crippen molar-refractivity contribution < 1.29 is 24.2 Å². The van der Waals surface area contributed by atoms with Crippen LogP contribution in [-0.4, -0.2) is 58.4 Å². The Bertz CT molecular complexity index is 1120. The van der Waals surface area contributed by atoms with E-state index in [1.165, 1.54) is 22.5 Å². The number of hydrogen-bond donors (Lipinski definition) is 2. The Balaban J connectivity index is 2.01. The SMILES string of the molecule is CCc1cc(O[C@@H](C)C(=O)N(CCO)CCO)c2occ(-c3nc(C)cs3)c(=O)c2c1. The lowest BCUT2D eigenvalue weighted by molar-refractivity contribution is -0.139. The van der Waals surface area contributed by atoms with Gasteiger partial charge in [-0.05, 0) is 38.0 Å². The Hall–Kier alpha value is -2.75. The standard InChI is InChI=1S/C22H26N2O6S/c1-4-15-9-16-19(27)17(21-23-13(2)12-31-21)11-29-20(16)18(10-15)30-14(3)22(28)24(5-7-25)6-8-26/h9-12,14,25-26H,4-8H2,1-3H3/t14-/m0/s1. The van der Waals surface area contributed by atoms with Crippen molar-refractivity contribution in [3.63, 3.8) is 0 Å². The molecule has 1 amide bonds. The summed E-state index contributed by atoms with van der Waals surface area (Å²) < 4.78 is 11.7. The van der Waals surface area contributed by atoms with Crippen molar-refractivity contribution in [2.75, 3.05) is 26.3 Å². The number of aliphatic hydroxyl groups excluding tert-OH is 2. The summed E-state index contributed by atoms with van der Waals surface area (Å²) in [7, 11) is 0. The van der Waals surface area contributed by atoms with Crippen LogP contribution in [0.2, 0.25) is 0 Å². The summed E-state index contributed by atoms with van der Waals surface area (Å²) in [6.45, 7) is 5.14. The van der Waals surface area contributed by atoms with Gasteiger partial charge in [-0.1, -0.05) is 6.92 Å². The van der Waals surface area contributed by atoms with E-state index in [0.717, 1.165) is 11.3 Å². The molecule has 0 fully saturated rings. The van der Waals surface area contributed by atoms with Crippen LogP contribution in [0, 0.1) is 6.92 Å². The van der Waals surface area contributed by atoms with Gasteiger partial charge in [-0.15, -0.1) is 11.3 Å². The van der Waals surface area contributed by atoms with Crippen molar-refractivity contribution in [2.24, 2.45) is 0 Å². The van der Waals surface area contributed by atoms with Gasteiger partial charge in [-0.25, -0.2) is 4.98 Å². The van der Waals surface area contributed by atoms with Gasteiger partial charge < -0.3 is 24.3 Å². The minimum Gasteiger partial charge on any atom is -0.477 e. The third kappa shape index (κ3) is 4.95. The van der Waals surface area contributed by atoms with Crippen molar-refractivity contribution in [2.45, 2.75) is 33.3 Å². The van der Waals surface area contributed by atoms with Crippen LogP contribution in [0.15, 0.2) is 33.0 Å². The van der Waals surface area contributed by atoms with Gasteiger partial charge in [0.15, 0.2) is 17.4 Å². The molecule has 166 valence electrons. The van der Waals surface area contributed by atoms with Crippen molar-refractivity contribution in [1.82, 2.24) is 9.88 Å². The largest absolute Gasteiger partial charge is 0.477 e. The molecule has 2 aromatic heterocycles. The van der Waals surface area contributed by atoms with Gasteiger partial charge in [0.05, 0.1) is 24.2 Å². The van der Waals surface area contributed by atoms with Crippen LogP contribution in [0.25, 0.3) is 21.5 Å². The zero-order valence-corrected chi connectivity index (χ0v) is 18.6. The molecule has 0 saturated heterocycles. The zero-order chi connectivity index (χ0) is 22.5. The molecule has 1 aromatic carbocycles. The molecule has 0 aliphatic carbocycles. The molecule has 0 bridgehead atoms. The normalized spacial score (nSPS) is 12.2. The van der Waals surface area contributed by atoms with E-state index >= 15 is 0 Å². The van der Waals surface area contributed by atoms with Crippen LogP contribution < -0.4 is 10.2 Å². The number of rotatable bonds is 9. The number of amides is 1. The number of aromatic nitrogens is 1. The number of benzene rings is 1. The maximum absolute atomic E-state index is 13.2. The first-order valence-electron chi connectivity index (χ1n) is 10.1. The van der Waals surface area contributed by atoms with E-state index in [9.17, 15) is 19.8 Å². The summed E-state index contributed by atoms with van der Waals surface area (Å²) in [4.78, 5) is 31.6. The molecule has 0 spiro atoms. The number of nitrogens with zero attached hydrogens (tertiary/aromatic N) is 2. The van der Waals surface area contributed by atoms with Gasteiger partial charge in [0.25, 0.3) is 5.91 Å². The minimum absolute atomic E-state index is 0.0918. The molecule has 2 heterocycles. The summed E-state index contributed by atoms with van der Waals surface area (Å²) in [6, 6.07) is 3.53. The molecule has 3 aromatic rings. The quantitative estimate of drug-likeness (QED) is 0.519. The van der Waals surface area contributed by atoms with Gasteiger partial charge in [0.2, 0.25) is 5.43 Å². The molecule has 9 heteroatoms. The highest BCUT2D eigenvalue weighted by Gasteiger charge is 2.24. The monoisotopic (exact) mass is 446 g/mol. The topological polar surface area (TPSA) is 113 Å². The van der Waals surface area contributed by atoms with Crippen LogP contribution in [0.5, 0.6) is 5.75 Å². The Kier molecular flexibility index (Phi) is 7.42. The second kappa shape index (κ2) is 10.0. The van der Waals surface area contributed by atoms with Gasteiger partial charge in [0.1, 0.15) is 11.3 Å². The first-order chi connectivity index (χ1) is 14.9. The molecule has 3 rings (SSSR count). The van der Waals surface area contributed by atoms with Gasteiger partial charge in [-0.3, -0.25) is 9.59 Å². The Morgan fingerprint density at radius 2 is 2.00 bits per heavy atom. The number of ether oxygens (including phenoxy) is 1. The molecular formula is C22H26N2O6S. The molecule has 0 unspecified atom stereocenters. The number of aryl methyl sites for hydroxylation is 2. The highest BCUT2D eigenvalue weighted by atomic mass is 32.1. The summed E-state index contributed by atoms with van der Waals surface area (Å²) in [5.74, 6) is -0.0857. The van der Waals surface area contributed by atoms with Crippen LogP contribution in [0.1, 0.15) is 25.1 Å². The minimum atomic E-state index is -0.903. The molecule has 31 heavy (non-hydrogen) atoms. The Morgan fingerprint density at radius 3 is 2.58 bits per heavy atom.